The van der Waals surface area contributed by atoms with Gasteiger partial charge < -0.3 is 13.9 Å². The zero-order valence-electron chi connectivity index (χ0n) is 13.6. The largest absolute Gasteiger partial charge is 0.497 e. The fourth-order valence-electron chi connectivity index (χ4n) is 2.31. The highest BCUT2D eigenvalue weighted by Gasteiger charge is 2.16. The number of esters is 1. The van der Waals surface area contributed by atoms with Gasteiger partial charge in [0.1, 0.15) is 22.6 Å². The van der Waals surface area contributed by atoms with Crippen LogP contribution in [0.5, 0.6) is 11.5 Å². The molecule has 1 heterocycles. The molecule has 3 rings (SSSR count). The molecule has 0 spiro atoms. The molecule has 3 aromatic rings. The van der Waals surface area contributed by atoms with Gasteiger partial charge >= 0.3 is 11.6 Å². The summed E-state index contributed by atoms with van der Waals surface area (Å²) < 4.78 is 15.6. The molecule has 0 bridgehead atoms. The minimum Gasteiger partial charge on any atom is -0.497 e. The molecule has 0 aliphatic carbocycles. The van der Waals surface area contributed by atoms with Gasteiger partial charge in [0.25, 0.3) is 0 Å². The second-order valence-corrected chi connectivity index (χ2v) is 5.49. The monoisotopic (exact) mass is 324 g/mol. The lowest BCUT2D eigenvalue weighted by molar-refractivity contribution is 0.0730. The number of benzene rings is 2. The third-order valence-corrected chi connectivity index (χ3v) is 3.85. The number of fused-ring (bicyclic) bond motifs is 1. The van der Waals surface area contributed by atoms with Crippen LogP contribution in [-0.4, -0.2) is 13.1 Å². The maximum atomic E-state index is 12.3. The van der Waals surface area contributed by atoms with Gasteiger partial charge in [-0.1, -0.05) is 6.07 Å². The van der Waals surface area contributed by atoms with E-state index in [2.05, 4.69) is 0 Å². The number of rotatable bonds is 3. The number of carbonyl (C=O) groups excluding carboxylic acids is 1. The molecule has 122 valence electrons. The van der Waals surface area contributed by atoms with Crippen molar-refractivity contribution in [3.63, 3.8) is 0 Å². The van der Waals surface area contributed by atoms with Crippen molar-refractivity contribution < 1.29 is 18.7 Å². The first kappa shape index (κ1) is 15.8. The third kappa shape index (κ3) is 3.01. The zero-order chi connectivity index (χ0) is 17.3. The van der Waals surface area contributed by atoms with E-state index in [9.17, 15) is 9.59 Å². The summed E-state index contributed by atoms with van der Waals surface area (Å²) in [6.45, 7) is 3.88. The second kappa shape index (κ2) is 6.20. The number of hydrogen-bond acceptors (Lipinski definition) is 5. The lowest BCUT2D eigenvalue weighted by Crippen LogP contribution is -2.18. The van der Waals surface area contributed by atoms with E-state index in [0.29, 0.717) is 22.5 Å². The zero-order valence-corrected chi connectivity index (χ0v) is 13.6. The van der Waals surface area contributed by atoms with Gasteiger partial charge in [-0.15, -0.1) is 0 Å². The van der Waals surface area contributed by atoms with Gasteiger partial charge in [-0.2, -0.15) is 0 Å². The van der Waals surface area contributed by atoms with Gasteiger partial charge in [-0.3, -0.25) is 0 Å². The molecule has 0 atom stereocenters. The number of ether oxygens (including phenoxy) is 2. The molecule has 0 fully saturated rings. The average Bonchev–Trinajstić information content (AvgIpc) is 2.57. The Hall–Kier alpha value is -3.08. The summed E-state index contributed by atoms with van der Waals surface area (Å²) in [5.74, 6) is 0.231. The lowest BCUT2D eigenvalue weighted by atomic mass is 10.1. The van der Waals surface area contributed by atoms with Crippen molar-refractivity contribution in [1.29, 1.82) is 0 Å². The SMILES string of the molecule is COc1ccc2oc(=O)c(C(=O)Oc3ccc(C)c(C)c3)cc2c1. The summed E-state index contributed by atoms with van der Waals surface area (Å²) in [6.07, 6.45) is 0. The Morgan fingerprint density at radius 2 is 1.71 bits per heavy atom. The van der Waals surface area contributed by atoms with Gasteiger partial charge in [0, 0.05) is 5.39 Å². The molecule has 5 heteroatoms. The molecule has 0 N–H and O–H groups in total. The predicted octanol–water partition coefficient (Wildman–Crippen LogP) is 3.64. The highest BCUT2D eigenvalue weighted by molar-refractivity contribution is 5.94. The Kier molecular flexibility index (Phi) is 4.08. The third-order valence-electron chi connectivity index (χ3n) is 3.85. The first-order valence-electron chi connectivity index (χ1n) is 7.39. The molecular formula is C19H16O5. The summed E-state index contributed by atoms with van der Waals surface area (Å²) in [5, 5.41) is 0.584. The van der Waals surface area contributed by atoms with Gasteiger partial charge in [-0.05, 0) is 61.4 Å². The molecule has 0 saturated heterocycles. The van der Waals surface area contributed by atoms with Gasteiger partial charge in [-0.25, -0.2) is 9.59 Å². The molecule has 0 aliphatic rings. The van der Waals surface area contributed by atoms with E-state index in [1.807, 2.05) is 19.9 Å². The van der Waals surface area contributed by atoms with Crippen LogP contribution in [0.15, 0.2) is 51.7 Å². The minimum atomic E-state index is -0.753. The molecule has 0 amide bonds. The standard InChI is InChI=1S/C19H16O5/c1-11-4-5-15(8-12(11)2)23-18(20)16-10-13-9-14(22-3)6-7-17(13)24-19(16)21/h4-10H,1-3H3. The first-order valence-corrected chi connectivity index (χ1v) is 7.39. The van der Waals surface area contributed by atoms with Gasteiger partial charge in [0.2, 0.25) is 0 Å². The number of methoxy groups -OCH3 is 1. The quantitative estimate of drug-likeness (QED) is 0.418. The van der Waals surface area contributed by atoms with Crippen molar-refractivity contribution in [1.82, 2.24) is 0 Å². The van der Waals surface area contributed by atoms with Gasteiger partial charge in [0.05, 0.1) is 7.11 Å². The van der Waals surface area contributed by atoms with Crippen LogP contribution in [0.2, 0.25) is 0 Å². The highest BCUT2D eigenvalue weighted by atomic mass is 16.5. The summed E-state index contributed by atoms with van der Waals surface area (Å²) in [7, 11) is 1.54. The Morgan fingerprint density at radius 1 is 0.958 bits per heavy atom. The summed E-state index contributed by atoms with van der Waals surface area (Å²) in [4.78, 5) is 24.4. The second-order valence-electron chi connectivity index (χ2n) is 5.49. The molecule has 24 heavy (non-hydrogen) atoms. The van der Waals surface area contributed by atoms with Crippen molar-refractivity contribution >= 4 is 16.9 Å². The van der Waals surface area contributed by atoms with E-state index in [0.717, 1.165) is 11.1 Å². The van der Waals surface area contributed by atoms with Crippen LogP contribution in [0, 0.1) is 13.8 Å². The predicted molar refractivity (Wildman–Crippen MR) is 89.9 cm³/mol. The van der Waals surface area contributed by atoms with Crippen LogP contribution in [-0.2, 0) is 0 Å². The Labute approximate surface area is 138 Å². The summed E-state index contributed by atoms with van der Waals surface area (Å²) >= 11 is 0. The van der Waals surface area contributed by atoms with Crippen LogP contribution in [0.3, 0.4) is 0 Å². The van der Waals surface area contributed by atoms with Crippen LogP contribution in [0.1, 0.15) is 21.5 Å². The smallest absolute Gasteiger partial charge is 0.351 e. The van der Waals surface area contributed by atoms with E-state index in [4.69, 9.17) is 13.9 Å². The van der Waals surface area contributed by atoms with Crippen LogP contribution in [0.4, 0.5) is 0 Å². The van der Waals surface area contributed by atoms with E-state index >= 15 is 0 Å². The molecule has 1 aromatic heterocycles. The van der Waals surface area contributed by atoms with Crippen LogP contribution < -0.4 is 15.1 Å². The molecule has 0 unspecified atom stereocenters. The molecule has 0 saturated carbocycles. The van der Waals surface area contributed by atoms with E-state index < -0.39 is 11.6 Å². The van der Waals surface area contributed by atoms with Crippen molar-refractivity contribution in [2.75, 3.05) is 7.11 Å². The van der Waals surface area contributed by atoms with E-state index in [1.165, 1.54) is 13.2 Å². The topological polar surface area (TPSA) is 65.7 Å². The number of hydrogen-bond donors (Lipinski definition) is 0. The maximum absolute atomic E-state index is 12.3. The van der Waals surface area contributed by atoms with Crippen molar-refractivity contribution in [3.05, 3.63) is 69.6 Å². The number of carbonyl (C=O) groups is 1. The Balaban J connectivity index is 1.97. The van der Waals surface area contributed by atoms with E-state index in [1.54, 1.807) is 30.3 Å². The first-order chi connectivity index (χ1) is 11.5. The normalized spacial score (nSPS) is 10.6. The molecule has 0 aliphatic heterocycles. The van der Waals surface area contributed by atoms with Crippen LogP contribution in [0.25, 0.3) is 11.0 Å². The average molecular weight is 324 g/mol. The summed E-state index contributed by atoms with van der Waals surface area (Å²) in [6, 6.07) is 11.7. The fraction of sp³-hybridized carbons (Fsp3) is 0.158. The minimum absolute atomic E-state index is 0.158. The van der Waals surface area contributed by atoms with Gasteiger partial charge in [0.15, 0.2) is 0 Å². The molecule has 5 nitrogen and oxygen atoms in total. The summed E-state index contributed by atoms with van der Waals surface area (Å²) in [5.41, 5.74) is 1.57. The molecule has 0 radical (unpaired) electrons. The highest BCUT2D eigenvalue weighted by Crippen LogP contribution is 2.21. The Morgan fingerprint density at radius 3 is 2.42 bits per heavy atom. The van der Waals surface area contributed by atoms with Crippen molar-refractivity contribution in [3.8, 4) is 11.5 Å². The fourth-order valence-corrected chi connectivity index (χ4v) is 2.31. The molecular weight excluding hydrogens is 308 g/mol. The van der Waals surface area contributed by atoms with Crippen molar-refractivity contribution in [2.45, 2.75) is 13.8 Å². The van der Waals surface area contributed by atoms with Crippen LogP contribution >= 0.6 is 0 Å². The maximum Gasteiger partial charge on any atom is 0.351 e. The lowest BCUT2D eigenvalue weighted by Gasteiger charge is -2.07. The van der Waals surface area contributed by atoms with Crippen molar-refractivity contribution in [2.24, 2.45) is 0 Å². The number of aryl methyl sites for hydroxylation is 2. The molecule has 2 aromatic carbocycles. The Bertz CT molecular complexity index is 985. The van der Waals surface area contributed by atoms with E-state index in [-0.39, 0.29) is 5.56 Å².